The van der Waals surface area contributed by atoms with Crippen molar-refractivity contribution in [2.45, 2.75) is 33.7 Å². The van der Waals surface area contributed by atoms with Gasteiger partial charge in [0.25, 0.3) is 0 Å². The van der Waals surface area contributed by atoms with Crippen molar-refractivity contribution in [1.82, 2.24) is 24.7 Å². The standard InChI is InChI=1S/C21H31N7O2/c1-6-29-12-9-16-18-19(28(26-16)11-13-30-7-2)20(25-21(24-18)27(4)5)23-17-14-15(3)8-10-22-17/h8,10,14H,6-7,9,11-13H2,1-5H3,(H,22,23,24,25). The molecule has 0 atom stereocenters. The molecule has 30 heavy (non-hydrogen) atoms. The zero-order valence-electron chi connectivity index (χ0n) is 18.5. The highest BCUT2D eigenvalue weighted by Crippen LogP contribution is 2.28. The van der Waals surface area contributed by atoms with Gasteiger partial charge in [0.05, 0.1) is 25.5 Å². The lowest BCUT2D eigenvalue weighted by molar-refractivity contribution is 0.136. The Morgan fingerprint density at radius 2 is 1.87 bits per heavy atom. The maximum absolute atomic E-state index is 5.56. The van der Waals surface area contributed by atoms with E-state index >= 15 is 0 Å². The first-order valence-electron chi connectivity index (χ1n) is 10.3. The number of ether oxygens (including phenoxy) is 2. The summed E-state index contributed by atoms with van der Waals surface area (Å²) in [4.78, 5) is 15.9. The van der Waals surface area contributed by atoms with Gasteiger partial charge in [-0.2, -0.15) is 10.1 Å². The van der Waals surface area contributed by atoms with Crippen LogP contribution in [0.4, 0.5) is 17.6 Å². The van der Waals surface area contributed by atoms with Gasteiger partial charge >= 0.3 is 0 Å². The summed E-state index contributed by atoms with van der Waals surface area (Å²) >= 11 is 0. The van der Waals surface area contributed by atoms with Gasteiger partial charge in [-0.1, -0.05) is 0 Å². The zero-order valence-corrected chi connectivity index (χ0v) is 18.5. The van der Waals surface area contributed by atoms with Crippen LogP contribution in [-0.2, 0) is 22.4 Å². The summed E-state index contributed by atoms with van der Waals surface area (Å²) in [6.07, 6.45) is 2.46. The van der Waals surface area contributed by atoms with Crippen molar-refractivity contribution in [3.05, 3.63) is 29.6 Å². The van der Waals surface area contributed by atoms with Crippen LogP contribution >= 0.6 is 0 Å². The predicted molar refractivity (Wildman–Crippen MR) is 119 cm³/mol. The van der Waals surface area contributed by atoms with Crippen molar-refractivity contribution in [2.24, 2.45) is 0 Å². The highest BCUT2D eigenvalue weighted by atomic mass is 16.5. The Labute approximate surface area is 177 Å². The van der Waals surface area contributed by atoms with Gasteiger partial charge in [0.15, 0.2) is 5.82 Å². The first-order valence-corrected chi connectivity index (χ1v) is 10.3. The molecule has 0 saturated heterocycles. The van der Waals surface area contributed by atoms with E-state index in [4.69, 9.17) is 24.5 Å². The highest BCUT2D eigenvalue weighted by molar-refractivity contribution is 5.90. The van der Waals surface area contributed by atoms with Crippen LogP contribution in [0.5, 0.6) is 0 Å². The molecule has 0 aliphatic heterocycles. The van der Waals surface area contributed by atoms with E-state index in [0.717, 1.165) is 28.1 Å². The molecule has 0 spiro atoms. The summed E-state index contributed by atoms with van der Waals surface area (Å²) in [6, 6.07) is 3.95. The van der Waals surface area contributed by atoms with E-state index in [1.807, 2.05) is 56.6 Å². The van der Waals surface area contributed by atoms with Gasteiger partial charge in [-0.15, -0.1) is 0 Å². The van der Waals surface area contributed by atoms with Gasteiger partial charge < -0.3 is 19.7 Å². The molecule has 0 radical (unpaired) electrons. The Balaban J connectivity index is 2.10. The van der Waals surface area contributed by atoms with Crippen molar-refractivity contribution in [2.75, 3.05) is 50.7 Å². The number of rotatable bonds is 11. The van der Waals surface area contributed by atoms with Gasteiger partial charge in [0.1, 0.15) is 16.9 Å². The SMILES string of the molecule is CCOCCc1nn(CCOCC)c2c(Nc3cc(C)ccn3)nc(N(C)C)nc12. The number of fused-ring (bicyclic) bond motifs is 1. The second kappa shape index (κ2) is 10.3. The third-order valence-corrected chi connectivity index (χ3v) is 4.55. The van der Waals surface area contributed by atoms with Crippen LogP contribution in [0, 0.1) is 6.92 Å². The number of pyridine rings is 1. The zero-order chi connectivity index (χ0) is 21.5. The second-order valence-corrected chi connectivity index (χ2v) is 7.12. The number of aromatic nitrogens is 5. The molecule has 3 aromatic heterocycles. The minimum Gasteiger partial charge on any atom is -0.381 e. The first-order chi connectivity index (χ1) is 14.5. The largest absolute Gasteiger partial charge is 0.381 e. The van der Waals surface area contributed by atoms with E-state index in [2.05, 4.69) is 10.3 Å². The third-order valence-electron chi connectivity index (χ3n) is 4.55. The van der Waals surface area contributed by atoms with Crippen molar-refractivity contribution in [3.63, 3.8) is 0 Å². The number of hydrogen-bond acceptors (Lipinski definition) is 8. The van der Waals surface area contributed by atoms with E-state index in [9.17, 15) is 0 Å². The van der Waals surface area contributed by atoms with Crippen LogP contribution in [0.15, 0.2) is 18.3 Å². The summed E-state index contributed by atoms with van der Waals surface area (Å²) in [5.41, 5.74) is 3.67. The monoisotopic (exact) mass is 413 g/mol. The summed E-state index contributed by atoms with van der Waals surface area (Å²) in [6.45, 7) is 9.11. The molecule has 0 unspecified atom stereocenters. The minimum absolute atomic E-state index is 0.565. The molecule has 0 saturated carbocycles. The Hall–Kier alpha value is -2.78. The molecule has 0 fully saturated rings. The van der Waals surface area contributed by atoms with Gasteiger partial charge in [-0.05, 0) is 38.5 Å². The van der Waals surface area contributed by atoms with Crippen LogP contribution in [0.3, 0.4) is 0 Å². The Morgan fingerprint density at radius 3 is 2.57 bits per heavy atom. The average Bonchev–Trinajstić information content (AvgIpc) is 3.06. The number of nitrogens with zero attached hydrogens (tertiary/aromatic N) is 6. The molecule has 3 aromatic rings. The summed E-state index contributed by atoms with van der Waals surface area (Å²) in [7, 11) is 3.85. The summed E-state index contributed by atoms with van der Waals surface area (Å²) < 4.78 is 13.0. The smallest absolute Gasteiger partial charge is 0.227 e. The van der Waals surface area contributed by atoms with Crippen LogP contribution < -0.4 is 10.2 Å². The van der Waals surface area contributed by atoms with E-state index in [-0.39, 0.29) is 0 Å². The lowest BCUT2D eigenvalue weighted by atomic mass is 10.2. The highest BCUT2D eigenvalue weighted by Gasteiger charge is 2.20. The minimum atomic E-state index is 0.565. The summed E-state index contributed by atoms with van der Waals surface area (Å²) in [5, 5.41) is 8.20. The second-order valence-electron chi connectivity index (χ2n) is 7.12. The Morgan fingerprint density at radius 1 is 1.10 bits per heavy atom. The molecule has 0 bridgehead atoms. The quantitative estimate of drug-likeness (QED) is 0.480. The molecule has 0 amide bonds. The molecule has 0 aliphatic carbocycles. The van der Waals surface area contributed by atoms with Gasteiger partial charge in [-0.3, -0.25) is 4.68 Å². The van der Waals surface area contributed by atoms with E-state index < -0.39 is 0 Å². The van der Waals surface area contributed by atoms with Gasteiger partial charge in [-0.25, -0.2) is 9.97 Å². The summed E-state index contributed by atoms with van der Waals surface area (Å²) in [5.74, 6) is 2.02. The van der Waals surface area contributed by atoms with E-state index in [1.54, 1.807) is 6.20 Å². The van der Waals surface area contributed by atoms with Gasteiger partial charge in [0, 0.05) is 39.9 Å². The molecule has 1 N–H and O–H groups in total. The number of anilines is 3. The van der Waals surface area contributed by atoms with Crippen molar-refractivity contribution in [3.8, 4) is 0 Å². The Bertz CT molecular complexity index is 971. The van der Waals surface area contributed by atoms with Crippen molar-refractivity contribution in [1.29, 1.82) is 0 Å². The fourth-order valence-corrected chi connectivity index (χ4v) is 3.08. The fourth-order valence-electron chi connectivity index (χ4n) is 3.08. The van der Waals surface area contributed by atoms with Crippen LogP contribution in [0.25, 0.3) is 11.0 Å². The molecule has 3 heterocycles. The Kier molecular flexibility index (Phi) is 7.53. The van der Waals surface area contributed by atoms with E-state index in [0.29, 0.717) is 51.2 Å². The number of aryl methyl sites for hydroxylation is 1. The molecular formula is C21H31N7O2. The molecule has 9 heteroatoms. The molecule has 9 nitrogen and oxygen atoms in total. The van der Waals surface area contributed by atoms with Crippen LogP contribution in [0.1, 0.15) is 25.1 Å². The fraction of sp³-hybridized carbons (Fsp3) is 0.524. The third kappa shape index (κ3) is 5.22. The number of hydrogen-bond donors (Lipinski definition) is 1. The first kappa shape index (κ1) is 21.9. The maximum atomic E-state index is 5.56. The van der Waals surface area contributed by atoms with Crippen molar-refractivity contribution < 1.29 is 9.47 Å². The maximum Gasteiger partial charge on any atom is 0.227 e. The predicted octanol–water partition coefficient (Wildman–Crippen LogP) is 2.95. The molecular weight excluding hydrogens is 382 g/mol. The van der Waals surface area contributed by atoms with Crippen molar-refractivity contribution >= 4 is 28.6 Å². The molecule has 3 rings (SSSR count). The number of nitrogens with one attached hydrogen (secondary N) is 1. The topological polar surface area (TPSA) is 90.2 Å². The van der Waals surface area contributed by atoms with Crippen LogP contribution in [0.2, 0.25) is 0 Å². The molecule has 162 valence electrons. The normalized spacial score (nSPS) is 11.2. The van der Waals surface area contributed by atoms with Crippen LogP contribution in [-0.4, -0.2) is 65.3 Å². The van der Waals surface area contributed by atoms with E-state index in [1.165, 1.54) is 0 Å². The molecule has 0 aromatic carbocycles. The van der Waals surface area contributed by atoms with Gasteiger partial charge in [0.2, 0.25) is 5.95 Å². The lowest BCUT2D eigenvalue weighted by Crippen LogP contribution is -2.15. The molecule has 0 aliphatic rings. The average molecular weight is 414 g/mol. The lowest BCUT2D eigenvalue weighted by Gasteiger charge is -2.14.